The van der Waals surface area contributed by atoms with Crippen LogP contribution in [0.1, 0.15) is 44.2 Å². The highest BCUT2D eigenvalue weighted by molar-refractivity contribution is 5.91. The first-order valence-electron chi connectivity index (χ1n) is 10.9. The van der Waals surface area contributed by atoms with Crippen molar-refractivity contribution in [1.29, 1.82) is 0 Å². The maximum atomic E-state index is 12.9. The number of carbonyl (C=O) groups is 3. The number of alkyl carbamates (subject to hydrolysis) is 1. The van der Waals surface area contributed by atoms with Gasteiger partial charge in [-0.15, -0.1) is 0 Å². The Morgan fingerprint density at radius 3 is 2.16 bits per heavy atom. The maximum Gasteiger partial charge on any atom is 0.407 e. The molecule has 4 rings (SSSR count). The zero-order valence-electron chi connectivity index (χ0n) is 18.5. The molecule has 0 aromatic heterocycles. The molecular formula is C25H28N2O5. The fourth-order valence-electron chi connectivity index (χ4n) is 4.92. The van der Waals surface area contributed by atoms with Crippen LogP contribution >= 0.6 is 0 Å². The normalized spacial score (nSPS) is 19.3. The van der Waals surface area contributed by atoms with E-state index in [9.17, 15) is 19.5 Å². The predicted molar refractivity (Wildman–Crippen MR) is 119 cm³/mol. The van der Waals surface area contributed by atoms with Gasteiger partial charge in [0.25, 0.3) is 0 Å². The lowest BCUT2D eigenvalue weighted by Gasteiger charge is -2.52. The number of nitrogens with one attached hydrogen (secondary N) is 1. The lowest BCUT2D eigenvalue weighted by Crippen LogP contribution is -2.69. The smallest absolute Gasteiger partial charge is 0.407 e. The van der Waals surface area contributed by atoms with E-state index in [4.69, 9.17) is 4.74 Å². The number of carbonyl (C=O) groups excluding carboxylic acids is 2. The molecule has 2 aliphatic rings. The van der Waals surface area contributed by atoms with Gasteiger partial charge in [0, 0.05) is 17.9 Å². The quantitative estimate of drug-likeness (QED) is 0.721. The van der Waals surface area contributed by atoms with Crippen molar-refractivity contribution in [2.24, 2.45) is 5.41 Å². The molecule has 2 aromatic carbocycles. The minimum Gasteiger partial charge on any atom is -0.480 e. The number of carboxylic acid groups (broad SMARTS) is 1. The summed E-state index contributed by atoms with van der Waals surface area (Å²) in [6.45, 7) is 5.89. The molecule has 0 radical (unpaired) electrons. The fraction of sp³-hybridized carbons (Fsp3) is 0.400. The minimum absolute atomic E-state index is 0.0727. The van der Waals surface area contributed by atoms with Gasteiger partial charge >= 0.3 is 12.1 Å². The third kappa shape index (κ3) is 3.72. The molecule has 1 aliphatic heterocycles. The van der Waals surface area contributed by atoms with Crippen molar-refractivity contribution in [2.75, 3.05) is 13.2 Å². The molecule has 168 valence electrons. The fourth-order valence-corrected chi connectivity index (χ4v) is 4.92. The number of benzene rings is 2. The Kier molecular flexibility index (Phi) is 5.67. The monoisotopic (exact) mass is 436 g/mol. The highest BCUT2D eigenvalue weighted by Gasteiger charge is 2.53. The van der Waals surface area contributed by atoms with Gasteiger partial charge in [0.15, 0.2) is 0 Å². The topological polar surface area (TPSA) is 95.9 Å². The summed E-state index contributed by atoms with van der Waals surface area (Å²) < 4.78 is 5.53. The number of carboxylic acids is 1. The van der Waals surface area contributed by atoms with Gasteiger partial charge in [-0.05, 0) is 28.7 Å². The summed E-state index contributed by atoms with van der Waals surface area (Å²) in [4.78, 5) is 38.3. The van der Waals surface area contributed by atoms with Gasteiger partial charge in [-0.25, -0.2) is 9.59 Å². The lowest BCUT2D eigenvalue weighted by molar-refractivity contribution is -0.172. The molecule has 0 spiro atoms. The second kappa shape index (κ2) is 8.30. The van der Waals surface area contributed by atoms with Crippen molar-refractivity contribution in [2.45, 2.75) is 45.2 Å². The third-order valence-electron chi connectivity index (χ3n) is 6.49. The SMILES string of the molecule is CC[C@H](NC(=O)OCC1c2ccccc2-c2ccccc21)C(=O)N1CC(C)(C)C1C(=O)O. The maximum absolute atomic E-state index is 12.9. The Hall–Kier alpha value is -3.35. The molecule has 1 fully saturated rings. The molecule has 1 saturated heterocycles. The van der Waals surface area contributed by atoms with Crippen LogP contribution in [0, 0.1) is 5.41 Å². The standard InChI is InChI=1S/C25H28N2O5/c1-4-20(22(28)27-14-25(2,3)21(27)23(29)30)26-24(31)32-13-19-17-11-7-5-9-15(17)16-10-6-8-12-18(16)19/h5-12,19-21H,4,13-14H2,1-3H3,(H,26,31)(H,29,30)/t20-,21?/m0/s1. The molecule has 2 N–H and O–H groups in total. The van der Waals surface area contributed by atoms with E-state index in [1.54, 1.807) is 6.92 Å². The van der Waals surface area contributed by atoms with E-state index in [0.717, 1.165) is 22.3 Å². The molecule has 1 aliphatic carbocycles. The summed E-state index contributed by atoms with van der Waals surface area (Å²) in [5.74, 6) is -1.50. The van der Waals surface area contributed by atoms with Crippen molar-refractivity contribution < 1.29 is 24.2 Å². The number of fused-ring (bicyclic) bond motifs is 3. The number of likely N-dealkylation sites (tertiary alicyclic amines) is 1. The summed E-state index contributed by atoms with van der Waals surface area (Å²) in [5, 5.41) is 12.1. The highest BCUT2D eigenvalue weighted by atomic mass is 16.5. The number of hydrogen-bond acceptors (Lipinski definition) is 4. The molecule has 2 atom stereocenters. The molecule has 0 saturated carbocycles. The Morgan fingerprint density at radius 2 is 1.66 bits per heavy atom. The summed E-state index contributed by atoms with van der Waals surface area (Å²) >= 11 is 0. The molecular weight excluding hydrogens is 408 g/mol. The minimum atomic E-state index is -1.04. The van der Waals surface area contributed by atoms with E-state index in [0.29, 0.717) is 13.0 Å². The second-order valence-electron chi connectivity index (χ2n) is 9.13. The molecule has 1 heterocycles. The van der Waals surface area contributed by atoms with E-state index in [1.165, 1.54) is 4.90 Å². The second-order valence-corrected chi connectivity index (χ2v) is 9.13. The molecule has 2 aromatic rings. The number of hydrogen-bond donors (Lipinski definition) is 2. The molecule has 32 heavy (non-hydrogen) atoms. The van der Waals surface area contributed by atoms with E-state index >= 15 is 0 Å². The van der Waals surface area contributed by atoms with Crippen LogP contribution in [0.4, 0.5) is 4.79 Å². The van der Waals surface area contributed by atoms with Gasteiger partial charge in [-0.3, -0.25) is 4.79 Å². The molecule has 7 nitrogen and oxygen atoms in total. The summed E-state index contributed by atoms with van der Waals surface area (Å²) in [6.07, 6.45) is -0.342. The Balaban J connectivity index is 1.41. The van der Waals surface area contributed by atoms with Crippen molar-refractivity contribution in [3.63, 3.8) is 0 Å². The zero-order valence-corrected chi connectivity index (χ0v) is 18.5. The van der Waals surface area contributed by atoms with Crippen molar-refractivity contribution in [1.82, 2.24) is 10.2 Å². The third-order valence-corrected chi connectivity index (χ3v) is 6.49. The van der Waals surface area contributed by atoms with Gasteiger partial charge in [-0.2, -0.15) is 0 Å². The average Bonchev–Trinajstić information content (AvgIpc) is 3.07. The zero-order chi connectivity index (χ0) is 23.0. The Labute approximate surface area is 187 Å². The van der Waals surface area contributed by atoms with Crippen LogP contribution in [-0.2, 0) is 14.3 Å². The van der Waals surface area contributed by atoms with Gasteiger partial charge in [0.2, 0.25) is 5.91 Å². The van der Waals surface area contributed by atoms with Crippen LogP contribution in [0.2, 0.25) is 0 Å². The van der Waals surface area contributed by atoms with Crippen LogP contribution in [0.15, 0.2) is 48.5 Å². The van der Waals surface area contributed by atoms with Gasteiger partial charge in [0.05, 0.1) is 0 Å². The first-order chi connectivity index (χ1) is 15.2. The average molecular weight is 437 g/mol. The summed E-state index contributed by atoms with van der Waals surface area (Å²) in [6, 6.07) is 14.4. The number of ether oxygens (including phenoxy) is 1. The Morgan fingerprint density at radius 1 is 1.09 bits per heavy atom. The van der Waals surface area contributed by atoms with Crippen LogP contribution in [0.25, 0.3) is 11.1 Å². The largest absolute Gasteiger partial charge is 0.480 e. The van der Waals surface area contributed by atoms with Gasteiger partial charge in [0.1, 0.15) is 18.7 Å². The molecule has 1 unspecified atom stereocenters. The van der Waals surface area contributed by atoms with Gasteiger partial charge in [-0.1, -0.05) is 69.3 Å². The van der Waals surface area contributed by atoms with Gasteiger partial charge < -0.3 is 20.1 Å². The Bertz CT molecular complexity index is 1020. The van der Waals surface area contributed by atoms with E-state index < -0.39 is 35.5 Å². The molecule has 7 heteroatoms. The van der Waals surface area contributed by atoms with Crippen LogP contribution in [-0.4, -0.2) is 53.2 Å². The number of aliphatic carboxylic acids is 1. The number of rotatable bonds is 6. The highest BCUT2D eigenvalue weighted by Crippen LogP contribution is 2.44. The predicted octanol–water partition coefficient (Wildman–Crippen LogP) is 3.63. The summed E-state index contributed by atoms with van der Waals surface area (Å²) in [7, 11) is 0. The molecule has 0 bridgehead atoms. The lowest BCUT2D eigenvalue weighted by atomic mass is 9.74. The van der Waals surface area contributed by atoms with Crippen LogP contribution < -0.4 is 5.32 Å². The number of amides is 2. The summed E-state index contributed by atoms with van der Waals surface area (Å²) in [5.41, 5.74) is 4.00. The molecule has 2 amide bonds. The number of nitrogens with zero attached hydrogens (tertiary/aromatic N) is 1. The van der Waals surface area contributed by atoms with Crippen LogP contribution in [0.3, 0.4) is 0 Å². The van der Waals surface area contributed by atoms with Crippen molar-refractivity contribution >= 4 is 18.0 Å². The first-order valence-corrected chi connectivity index (χ1v) is 10.9. The van der Waals surface area contributed by atoms with E-state index in [2.05, 4.69) is 17.4 Å². The van der Waals surface area contributed by atoms with Crippen molar-refractivity contribution in [3.05, 3.63) is 59.7 Å². The van der Waals surface area contributed by atoms with Crippen LogP contribution in [0.5, 0.6) is 0 Å². The van der Waals surface area contributed by atoms with E-state index in [-0.39, 0.29) is 12.5 Å². The first kappa shape index (κ1) is 21.9. The van der Waals surface area contributed by atoms with Crippen molar-refractivity contribution in [3.8, 4) is 11.1 Å². The van der Waals surface area contributed by atoms with E-state index in [1.807, 2.05) is 50.2 Å².